The van der Waals surface area contributed by atoms with Crippen LogP contribution in [0.1, 0.15) is 26.7 Å². The molecule has 1 aliphatic carbocycles. The number of imide groups is 1. The van der Waals surface area contributed by atoms with Gasteiger partial charge in [0.2, 0.25) is 11.8 Å². The highest BCUT2D eigenvalue weighted by Gasteiger charge is 2.50. The molecule has 1 aromatic rings. The first kappa shape index (κ1) is 19.7. The predicted molar refractivity (Wildman–Crippen MR) is 97.3 cm³/mol. The lowest BCUT2D eigenvalue weighted by Gasteiger charge is -2.23. The van der Waals surface area contributed by atoms with E-state index >= 15 is 0 Å². The summed E-state index contributed by atoms with van der Waals surface area (Å²) in [6.45, 7) is 2.76. The monoisotopic (exact) mass is 388 g/mol. The van der Waals surface area contributed by atoms with Crippen molar-refractivity contribution in [1.29, 1.82) is 0 Å². The van der Waals surface area contributed by atoms with Crippen molar-refractivity contribution in [3.05, 3.63) is 42.2 Å². The Bertz CT molecular complexity index is 827. The largest absolute Gasteiger partial charge is 0.451 e. The molecule has 0 unspecified atom stereocenters. The molecular weight excluding hydrogens is 367 g/mol. The first-order valence-corrected chi connectivity index (χ1v) is 9.08. The molecule has 0 aromatic heterocycles. The normalized spacial score (nSPS) is 23.2. The zero-order chi connectivity index (χ0) is 20.4. The van der Waals surface area contributed by atoms with Crippen LogP contribution < -0.4 is 5.32 Å². The van der Waals surface area contributed by atoms with Crippen LogP contribution >= 0.6 is 0 Å². The molecule has 7 nitrogen and oxygen atoms in total. The number of nitrogens with one attached hydrogen (secondary N) is 1. The minimum atomic E-state index is -1.19. The molecule has 0 saturated carbocycles. The Morgan fingerprint density at radius 1 is 1.14 bits per heavy atom. The molecule has 28 heavy (non-hydrogen) atoms. The number of hydrogen-bond donors (Lipinski definition) is 1. The maximum Gasteiger partial charge on any atom is 0.329 e. The molecule has 3 rings (SSSR count). The van der Waals surface area contributed by atoms with Gasteiger partial charge < -0.3 is 10.1 Å². The molecule has 1 aromatic carbocycles. The minimum Gasteiger partial charge on any atom is -0.451 e. The van der Waals surface area contributed by atoms with E-state index in [-0.39, 0.29) is 17.5 Å². The number of allylic oxidation sites excluding steroid dienone is 2. The van der Waals surface area contributed by atoms with Gasteiger partial charge in [0.1, 0.15) is 11.9 Å². The van der Waals surface area contributed by atoms with E-state index < -0.39 is 41.7 Å². The number of likely N-dealkylation sites (tertiary alicyclic amines) is 1. The number of carbonyl (C=O) groups is 4. The van der Waals surface area contributed by atoms with Crippen molar-refractivity contribution < 1.29 is 28.3 Å². The van der Waals surface area contributed by atoms with Crippen molar-refractivity contribution in [3.8, 4) is 0 Å². The van der Waals surface area contributed by atoms with Crippen LogP contribution in [0.3, 0.4) is 0 Å². The van der Waals surface area contributed by atoms with E-state index in [1.165, 1.54) is 32.0 Å². The molecule has 1 saturated heterocycles. The zero-order valence-electron chi connectivity index (χ0n) is 15.6. The Hall–Kier alpha value is -3.03. The lowest BCUT2D eigenvalue weighted by atomic mass is 9.85. The number of esters is 1. The van der Waals surface area contributed by atoms with E-state index in [4.69, 9.17) is 4.74 Å². The fraction of sp³-hybridized carbons (Fsp3) is 0.400. The maximum absolute atomic E-state index is 13.2. The summed E-state index contributed by atoms with van der Waals surface area (Å²) in [7, 11) is 0. The minimum absolute atomic E-state index is 0.224. The van der Waals surface area contributed by atoms with Crippen molar-refractivity contribution in [3.63, 3.8) is 0 Å². The third kappa shape index (κ3) is 3.81. The molecule has 1 heterocycles. The van der Waals surface area contributed by atoms with Gasteiger partial charge >= 0.3 is 5.97 Å². The summed E-state index contributed by atoms with van der Waals surface area (Å²) in [5, 5.41) is 2.44. The first-order chi connectivity index (χ1) is 13.3. The van der Waals surface area contributed by atoms with Crippen LogP contribution in [0.2, 0.25) is 0 Å². The van der Waals surface area contributed by atoms with E-state index in [9.17, 15) is 23.6 Å². The number of benzene rings is 1. The van der Waals surface area contributed by atoms with E-state index in [0.717, 1.165) is 11.0 Å². The summed E-state index contributed by atoms with van der Waals surface area (Å²) in [4.78, 5) is 50.6. The molecule has 3 amide bonds. The molecular formula is C20H21FN2O5. The van der Waals surface area contributed by atoms with Crippen LogP contribution in [0.4, 0.5) is 10.1 Å². The van der Waals surface area contributed by atoms with Crippen molar-refractivity contribution in [2.45, 2.75) is 38.8 Å². The topological polar surface area (TPSA) is 92.8 Å². The van der Waals surface area contributed by atoms with Crippen molar-refractivity contribution in [2.24, 2.45) is 11.8 Å². The van der Waals surface area contributed by atoms with Gasteiger partial charge in [0.15, 0.2) is 6.10 Å². The van der Waals surface area contributed by atoms with Gasteiger partial charge in [-0.2, -0.15) is 0 Å². The number of anilines is 1. The Morgan fingerprint density at radius 2 is 1.75 bits per heavy atom. The van der Waals surface area contributed by atoms with E-state index in [2.05, 4.69) is 5.32 Å². The van der Waals surface area contributed by atoms with Gasteiger partial charge in [0.05, 0.1) is 11.8 Å². The second-order valence-electron chi connectivity index (χ2n) is 6.96. The highest BCUT2D eigenvalue weighted by Crippen LogP contribution is 2.36. The van der Waals surface area contributed by atoms with Gasteiger partial charge in [-0.05, 0) is 44.9 Å². The SMILES string of the molecule is C[C@H](OC(=O)[C@H](C)N1C(=O)[C@H]2CC=CC[C@@H]2C1=O)C(=O)Nc1cccc(F)c1. The molecule has 0 spiro atoms. The molecule has 1 aliphatic heterocycles. The Labute approximate surface area is 161 Å². The molecule has 4 atom stereocenters. The molecule has 1 N–H and O–H groups in total. The van der Waals surface area contributed by atoms with E-state index in [0.29, 0.717) is 12.8 Å². The number of nitrogens with zero attached hydrogens (tertiary/aromatic N) is 1. The maximum atomic E-state index is 13.2. The Balaban J connectivity index is 1.61. The predicted octanol–water partition coefficient (Wildman–Crippen LogP) is 2.04. The molecule has 0 bridgehead atoms. The molecule has 2 aliphatic rings. The second kappa shape index (κ2) is 7.92. The van der Waals surface area contributed by atoms with Crippen molar-refractivity contribution in [2.75, 3.05) is 5.32 Å². The van der Waals surface area contributed by atoms with Crippen LogP contribution in [-0.2, 0) is 23.9 Å². The van der Waals surface area contributed by atoms with E-state index in [1.807, 2.05) is 12.2 Å². The number of carbonyl (C=O) groups excluding carboxylic acids is 4. The summed E-state index contributed by atoms with van der Waals surface area (Å²) in [6, 6.07) is 4.16. The average molecular weight is 388 g/mol. The summed E-state index contributed by atoms with van der Waals surface area (Å²) in [6.07, 6.45) is 3.48. The summed E-state index contributed by atoms with van der Waals surface area (Å²) >= 11 is 0. The number of halogens is 1. The molecule has 8 heteroatoms. The third-order valence-corrected chi connectivity index (χ3v) is 5.02. The van der Waals surface area contributed by atoms with Gasteiger partial charge in [-0.1, -0.05) is 18.2 Å². The second-order valence-corrected chi connectivity index (χ2v) is 6.96. The van der Waals surface area contributed by atoms with E-state index in [1.54, 1.807) is 0 Å². The molecule has 148 valence electrons. The fourth-order valence-corrected chi connectivity index (χ4v) is 3.45. The van der Waals surface area contributed by atoms with Crippen molar-refractivity contribution in [1.82, 2.24) is 4.90 Å². The number of fused-ring (bicyclic) bond motifs is 1. The summed E-state index contributed by atoms with van der Waals surface area (Å²) in [5.74, 6) is -3.68. The number of hydrogen-bond acceptors (Lipinski definition) is 5. The quantitative estimate of drug-likeness (QED) is 0.473. The summed E-state index contributed by atoms with van der Waals surface area (Å²) < 4.78 is 18.3. The van der Waals surface area contributed by atoms with Gasteiger partial charge in [-0.25, -0.2) is 9.18 Å². The highest BCUT2D eigenvalue weighted by atomic mass is 19.1. The third-order valence-electron chi connectivity index (χ3n) is 5.02. The number of ether oxygens (including phenoxy) is 1. The lowest BCUT2D eigenvalue weighted by Crippen LogP contribution is -2.46. The van der Waals surface area contributed by atoms with Crippen LogP contribution in [0.25, 0.3) is 0 Å². The molecule has 1 fully saturated rings. The Morgan fingerprint density at radius 3 is 2.32 bits per heavy atom. The first-order valence-electron chi connectivity index (χ1n) is 9.08. The standard InChI is InChI=1S/C20H21FN2O5/c1-11(23-18(25)15-8-3-4-9-16(15)19(23)26)20(27)28-12(2)17(24)22-14-7-5-6-13(21)10-14/h3-7,10-12,15-16H,8-9H2,1-2H3,(H,22,24)/t11-,12-,15-,16-/m0/s1. The van der Waals surface area contributed by atoms with Crippen LogP contribution in [0.5, 0.6) is 0 Å². The van der Waals surface area contributed by atoms with Crippen LogP contribution in [-0.4, -0.2) is 40.7 Å². The van der Waals surface area contributed by atoms with Gasteiger partial charge in [0, 0.05) is 5.69 Å². The lowest BCUT2D eigenvalue weighted by molar-refractivity contribution is -0.163. The average Bonchev–Trinajstić information content (AvgIpc) is 2.92. The highest BCUT2D eigenvalue weighted by molar-refractivity contribution is 6.08. The smallest absolute Gasteiger partial charge is 0.329 e. The van der Waals surface area contributed by atoms with Crippen molar-refractivity contribution >= 4 is 29.4 Å². The van der Waals surface area contributed by atoms with Crippen LogP contribution in [0.15, 0.2) is 36.4 Å². The fourth-order valence-electron chi connectivity index (χ4n) is 3.45. The summed E-state index contributed by atoms with van der Waals surface area (Å²) in [5.41, 5.74) is 0.224. The number of rotatable bonds is 5. The zero-order valence-corrected chi connectivity index (χ0v) is 15.6. The van der Waals surface area contributed by atoms with Gasteiger partial charge in [-0.3, -0.25) is 19.3 Å². The van der Waals surface area contributed by atoms with Gasteiger partial charge in [0.25, 0.3) is 5.91 Å². The van der Waals surface area contributed by atoms with Gasteiger partial charge in [-0.15, -0.1) is 0 Å². The van der Waals surface area contributed by atoms with Crippen LogP contribution in [0, 0.1) is 17.7 Å². The number of amides is 3. The Kier molecular flexibility index (Phi) is 5.58. The molecule has 0 radical (unpaired) electrons.